The first-order valence-electron chi connectivity index (χ1n) is 13.1. The Kier molecular flexibility index (Phi) is 7.26. The van der Waals surface area contributed by atoms with Crippen LogP contribution in [-0.4, -0.2) is 18.5 Å². The standard InChI is InChI=1S/C34H32ClNO3S/c1-23-15-18-27(19-16-23)40(38,39)30(22-33(2,3)4)31-28-21-26(35)17-20-29(28)36-32(31)34(37,24-11-7-5-8-12-24)25-13-9-6-10-14-25/h5-22,36-37H,1-4H3. The SMILES string of the molecule is Cc1ccc(S(=O)(=O)C(=CC(C)(C)C)c2c(C(O)(c3ccccc3)c3ccccc3)[nH]c3ccc(Cl)cc23)cc1. The molecular formula is C34H32ClNO3S. The third kappa shape index (κ3) is 5.13. The smallest absolute Gasteiger partial charge is 0.206 e. The number of aliphatic hydroxyl groups is 1. The minimum absolute atomic E-state index is 0.109. The van der Waals surface area contributed by atoms with Gasteiger partial charge in [0, 0.05) is 21.5 Å². The molecule has 1 heterocycles. The van der Waals surface area contributed by atoms with E-state index in [4.69, 9.17) is 11.6 Å². The highest BCUT2D eigenvalue weighted by atomic mass is 35.5. The van der Waals surface area contributed by atoms with Gasteiger partial charge in [0.25, 0.3) is 0 Å². The van der Waals surface area contributed by atoms with E-state index < -0.39 is 20.9 Å². The summed E-state index contributed by atoms with van der Waals surface area (Å²) in [5.41, 5.74) is 1.36. The molecule has 0 aliphatic rings. The van der Waals surface area contributed by atoms with E-state index in [1.807, 2.05) is 94.4 Å². The summed E-state index contributed by atoms with van der Waals surface area (Å²) in [6, 6.07) is 30.7. The number of aromatic nitrogens is 1. The Morgan fingerprint density at radius 1 is 0.825 bits per heavy atom. The molecule has 0 saturated carbocycles. The van der Waals surface area contributed by atoms with Crippen molar-refractivity contribution in [1.29, 1.82) is 0 Å². The second kappa shape index (κ2) is 10.4. The molecule has 0 atom stereocenters. The predicted octanol–water partition coefficient (Wildman–Crippen LogP) is 8.27. The Labute approximate surface area is 240 Å². The molecule has 0 saturated heterocycles. The molecule has 2 N–H and O–H groups in total. The number of fused-ring (bicyclic) bond motifs is 1. The number of sulfone groups is 1. The fourth-order valence-electron chi connectivity index (χ4n) is 5.03. The van der Waals surface area contributed by atoms with E-state index in [1.54, 1.807) is 42.5 Å². The van der Waals surface area contributed by atoms with Crippen molar-refractivity contribution in [2.45, 2.75) is 38.2 Å². The Balaban J connectivity index is 1.95. The number of hydrogen-bond acceptors (Lipinski definition) is 3. The number of rotatable bonds is 6. The van der Waals surface area contributed by atoms with Gasteiger partial charge in [0.2, 0.25) is 9.84 Å². The molecule has 0 amide bonds. The van der Waals surface area contributed by atoms with Gasteiger partial charge in [-0.15, -0.1) is 0 Å². The number of benzene rings is 4. The molecule has 0 spiro atoms. The van der Waals surface area contributed by atoms with Crippen LogP contribution in [-0.2, 0) is 15.4 Å². The van der Waals surface area contributed by atoms with Crippen molar-refractivity contribution in [2.24, 2.45) is 5.41 Å². The number of H-pyrrole nitrogens is 1. The Bertz CT molecular complexity index is 1760. The molecule has 40 heavy (non-hydrogen) atoms. The highest BCUT2D eigenvalue weighted by Crippen LogP contribution is 2.46. The molecule has 0 bridgehead atoms. The zero-order valence-corrected chi connectivity index (χ0v) is 24.5. The second-order valence-electron chi connectivity index (χ2n) is 11.2. The van der Waals surface area contributed by atoms with Crippen LogP contribution in [0.1, 0.15) is 48.7 Å². The van der Waals surface area contributed by atoms with Crippen molar-refractivity contribution in [1.82, 2.24) is 4.98 Å². The number of aromatic amines is 1. The lowest BCUT2D eigenvalue weighted by Crippen LogP contribution is -2.31. The van der Waals surface area contributed by atoms with E-state index in [0.717, 1.165) is 5.56 Å². The maximum Gasteiger partial charge on any atom is 0.206 e. The van der Waals surface area contributed by atoms with Crippen LogP contribution in [0.2, 0.25) is 5.02 Å². The van der Waals surface area contributed by atoms with Crippen LogP contribution in [0.5, 0.6) is 0 Å². The van der Waals surface area contributed by atoms with Gasteiger partial charge in [-0.2, -0.15) is 0 Å². The normalized spacial score (nSPS) is 13.1. The van der Waals surface area contributed by atoms with Gasteiger partial charge in [-0.3, -0.25) is 0 Å². The molecule has 4 nitrogen and oxygen atoms in total. The first-order chi connectivity index (χ1) is 18.9. The quantitative estimate of drug-likeness (QED) is 0.216. The van der Waals surface area contributed by atoms with E-state index in [1.165, 1.54) is 0 Å². The van der Waals surface area contributed by atoms with Crippen LogP contribution in [0.25, 0.3) is 15.8 Å². The molecule has 5 aromatic rings. The highest BCUT2D eigenvalue weighted by molar-refractivity contribution is 8.00. The summed E-state index contributed by atoms with van der Waals surface area (Å²) in [5.74, 6) is 0. The first kappa shape index (κ1) is 27.9. The van der Waals surface area contributed by atoms with Gasteiger partial charge >= 0.3 is 0 Å². The zero-order valence-electron chi connectivity index (χ0n) is 22.9. The average Bonchev–Trinajstić information content (AvgIpc) is 3.30. The third-order valence-electron chi connectivity index (χ3n) is 6.94. The molecular weight excluding hydrogens is 538 g/mol. The van der Waals surface area contributed by atoms with Gasteiger partial charge in [-0.05, 0) is 53.8 Å². The van der Waals surface area contributed by atoms with Crippen LogP contribution >= 0.6 is 11.6 Å². The van der Waals surface area contributed by atoms with E-state index >= 15 is 0 Å². The number of allylic oxidation sites excluding steroid dienone is 1. The van der Waals surface area contributed by atoms with E-state index in [0.29, 0.717) is 38.3 Å². The molecule has 204 valence electrons. The molecule has 5 rings (SSSR count). The molecule has 6 heteroatoms. The van der Waals surface area contributed by atoms with Crippen LogP contribution in [0.3, 0.4) is 0 Å². The summed E-state index contributed by atoms with van der Waals surface area (Å²) in [5, 5.41) is 13.9. The minimum atomic E-state index is -4.04. The van der Waals surface area contributed by atoms with Gasteiger partial charge < -0.3 is 10.1 Å². The van der Waals surface area contributed by atoms with Gasteiger partial charge in [-0.25, -0.2) is 8.42 Å². The van der Waals surface area contributed by atoms with Gasteiger partial charge in [0.1, 0.15) is 0 Å². The molecule has 0 unspecified atom stereocenters. The van der Waals surface area contributed by atoms with Crippen molar-refractivity contribution in [3.63, 3.8) is 0 Å². The fourth-order valence-corrected chi connectivity index (χ4v) is 6.94. The summed E-state index contributed by atoms with van der Waals surface area (Å²) >= 11 is 6.49. The largest absolute Gasteiger partial charge is 0.375 e. The Morgan fingerprint density at radius 3 is 1.90 bits per heavy atom. The molecule has 1 aromatic heterocycles. The van der Waals surface area contributed by atoms with Gasteiger partial charge in [0.15, 0.2) is 5.60 Å². The molecule has 0 aliphatic heterocycles. The monoisotopic (exact) mass is 569 g/mol. The lowest BCUT2D eigenvalue weighted by molar-refractivity contribution is 0.121. The summed E-state index contributed by atoms with van der Waals surface area (Å²) < 4.78 is 29.0. The minimum Gasteiger partial charge on any atom is -0.375 e. The number of aryl methyl sites for hydroxylation is 1. The van der Waals surface area contributed by atoms with Crippen molar-refractivity contribution in [3.8, 4) is 0 Å². The summed E-state index contributed by atoms with van der Waals surface area (Å²) in [7, 11) is -4.04. The van der Waals surface area contributed by atoms with E-state index in [2.05, 4.69) is 4.98 Å². The molecule has 0 radical (unpaired) electrons. The maximum atomic E-state index is 14.5. The number of halogens is 1. The summed E-state index contributed by atoms with van der Waals surface area (Å²) in [6.07, 6.45) is 1.77. The van der Waals surface area contributed by atoms with Gasteiger partial charge in [-0.1, -0.05) is 117 Å². The highest BCUT2D eigenvalue weighted by Gasteiger charge is 2.41. The predicted molar refractivity (Wildman–Crippen MR) is 164 cm³/mol. The van der Waals surface area contributed by atoms with Crippen molar-refractivity contribution < 1.29 is 13.5 Å². The van der Waals surface area contributed by atoms with E-state index in [9.17, 15) is 13.5 Å². The lowest BCUT2D eigenvalue weighted by atomic mass is 9.81. The molecule has 4 aromatic carbocycles. The van der Waals surface area contributed by atoms with E-state index in [-0.39, 0.29) is 9.80 Å². The topological polar surface area (TPSA) is 70.2 Å². The van der Waals surface area contributed by atoms with Gasteiger partial charge in [0.05, 0.1) is 15.5 Å². The maximum absolute atomic E-state index is 14.5. The molecule has 0 aliphatic carbocycles. The first-order valence-corrected chi connectivity index (χ1v) is 15.0. The lowest BCUT2D eigenvalue weighted by Gasteiger charge is -2.31. The third-order valence-corrected chi connectivity index (χ3v) is 8.97. The van der Waals surface area contributed by atoms with Crippen LogP contribution in [0.4, 0.5) is 0 Å². The number of nitrogens with one attached hydrogen (secondary N) is 1. The Morgan fingerprint density at radius 2 is 1.38 bits per heavy atom. The molecule has 0 fully saturated rings. The number of hydrogen-bond donors (Lipinski definition) is 2. The Hall–Kier alpha value is -3.64. The van der Waals surface area contributed by atoms with Crippen molar-refractivity contribution >= 4 is 37.2 Å². The zero-order chi connectivity index (χ0) is 28.7. The summed E-state index contributed by atoms with van der Waals surface area (Å²) in [4.78, 5) is 3.70. The average molecular weight is 570 g/mol. The van der Waals surface area contributed by atoms with Crippen molar-refractivity contribution in [3.05, 3.63) is 142 Å². The fraction of sp³-hybridized carbons (Fsp3) is 0.176. The van der Waals surface area contributed by atoms with Crippen LogP contribution in [0, 0.1) is 12.3 Å². The summed E-state index contributed by atoms with van der Waals surface area (Å²) in [6.45, 7) is 7.79. The van der Waals surface area contributed by atoms with Crippen LogP contribution in [0.15, 0.2) is 114 Å². The van der Waals surface area contributed by atoms with Crippen molar-refractivity contribution in [2.75, 3.05) is 0 Å². The second-order valence-corrected chi connectivity index (χ2v) is 13.6. The van der Waals surface area contributed by atoms with Crippen LogP contribution < -0.4 is 0 Å².